The lowest BCUT2D eigenvalue weighted by molar-refractivity contribution is -0.114. The quantitative estimate of drug-likeness (QED) is 0.138. The fraction of sp³-hybridized carbons (Fsp3) is 0.395. The number of aromatic nitrogens is 2. The van der Waals surface area contributed by atoms with Gasteiger partial charge in [0.15, 0.2) is 14.5 Å². The summed E-state index contributed by atoms with van der Waals surface area (Å²) in [7, 11) is 0.733. The zero-order chi connectivity index (χ0) is 36.3. The molecule has 266 valence electrons. The van der Waals surface area contributed by atoms with Gasteiger partial charge in [-0.1, -0.05) is 75.4 Å². The van der Waals surface area contributed by atoms with Gasteiger partial charge in [0.25, 0.3) is 0 Å². The lowest BCUT2D eigenvalue weighted by Crippen LogP contribution is -2.49. The predicted octanol–water partition coefficient (Wildman–Crippen LogP) is 5.88. The van der Waals surface area contributed by atoms with Gasteiger partial charge >= 0.3 is 5.69 Å². The molecule has 3 aromatic carbocycles. The first kappa shape index (κ1) is 36.9. The fourth-order valence-corrected chi connectivity index (χ4v) is 7.15. The van der Waals surface area contributed by atoms with Crippen molar-refractivity contribution in [2.45, 2.75) is 76.0 Å². The van der Waals surface area contributed by atoms with Gasteiger partial charge in [-0.3, -0.25) is 9.36 Å². The van der Waals surface area contributed by atoms with Gasteiger partial charge in [-0.25, -0.2) is 4.79 Å². The van der Waals surface area contributed by atoms with E-state index in [1.165, 1.54) is 23.8 Å². The number of aliphatic hydroxyl groups is 1. The first-order valence-electron chi connectivity index (χ1n) is 16.6. The van der Waals surface area contributed by atoms with Gasteiger partial charge < -0.3 is 33.8 Å². The molecular weight excluding hydrogens is 655 g/mol. The minimum atomic E-state index is -2.50. The third-order valence-corrected chi connectivity index (χ3v) is 14.1. The van der Waals surface area contributed by atoms with Crippen LogP contribution in [0.1, 0.15) is 50.6 Å². The minimum absolute atomic E-state index is 0.0753. The second kappa shape index (κ2) is 14.9. The maximum atomic E-state index is 13.3. The van der Waals surface area contributed by atoms with Gasteiger partial charge in [-0.15, -0.1) is 0 Å². The number of anilines is 1. The van der Waals surface area contributed by atoms with Crippen LogP contribution in [0.3, 0.4) is 0 Å². The highest BCUT2D eigenvalue weighted by molar-refractivity contribution is 6.74. The van der Waals surface area contributed by atoms with Crippen LogP contribution in [0.2, 0.25) is 18.1 Å². The van der Waals surface area contributed by atoms with Crippen LogP contribution in [0.15, 0.2) is 95.9 Å². The van der Waals surface area contributed by atoms with Crippen molar-refractivity contribution in [3.8, 4) is 11.5 Å². The maximum absolute atomic E-state index is 13.3. The normalized spacial score (nSPS) is 19.6. The lowest BCUT2D eigenvalue weighted by atomic mass is 9.80. The topological polar surface area (TPSA) is 130 Å². The highest BCUT2D eigenvalue weighted by Gasteiger charge is 2.51. The number of ether oxygens (including phenoxy) is 4. The van der Waals surface area contributed by atoms with Crippen molar-refractivity contribution in [1.29, 1.82) is 0 Å². The lowest BCUT2D eigenvalue weighted by Gasteiger charge is -2.40. The molecule has 0 radical (unpaired) electrons. The standard InChI is InChI=1S/C38H47N3O8Si/c1-25(42)39-32-22-23-41(36(44)40-32)35-34(49-50(7,8)37(2,3)4)33(43)31(48-35)24-47-38(26-12-10-9-11-13-26,27-14-18-29(45-5)19-15-27)28-16-20-30(46-6)21-17-28/h9-23,31,33-35,43H,24H2,1-8H3,(H,39,40,42,44)/t31-,33+,34?,35-/m1/s1. The first-order chi connectivity index (χ1) is 23.7. The molecule has 0 bridgehead atoms. The second-order valence-electron chi connectivity index (χ2n) is 13.9. The molecule has 50 heavy (non-hydrogen) atoms. The fourth-order valence-electron chi connectivity index (χ4n) is 5.86. The van der Waals surface area contributed by atoms with Gasteiger partial charge in [-0.2, -0.15) is 4.98 Å². The highest BCUT2D eigenvalue weighted by atomic mass is 28.4. The molecule has 0 aliphatic carbocycles. The summed E-state index contributed by atoms with van der Waals surface area (Å²) in [5.74, 6) is 1.15. The molecule has 1 amide bonds. The number of hydrogen-bond donors (Lipinski definition) is 2. The number of rotatable bonds is 12. The Bertz CT molecular complexity index is 1760. The number of carbonyl (C=O) groups excluding carboxylic acids is 1. The van der Waals surface area contributed by atoms with E-state index in [-0.39, 0.29) is 23.4 Å². The molecule has 4 atom stereocenters. The summed E-state index contributed by atoms with van der Waals surface area (Å²) in [5.41, 5.74) is 0.676. The summed E-state index contributed by atoms with van der Waals surface area (Å²) < 4.78 is 32.6. The van der Waals surface area contributed by atoms with Crippen LogP contribution >= 0.6 is 0 Å². The van der Waals surface area contributed by atoms with E-state index in [4.69, 9.17) is 23.4 Å². The maximum Gasteiger partial charge on any atom is 0.351 e. The second-order valence-corrected chi connectivity index (χ2v) is 18.7. The minimum Gasteiger partial charge on any atom is -0.497 e. The molecule has 1 fully saturated rings. The predicted molar refractivity (Wildman–Crippen MR) is 193 cm³/mol. The van der Waals surface area contributed by atoms with Crippen LogP contribution in [-0.2, 0) is 24.3 Å². The van der Waals surface area contributed by atoms with E-state index < -0.39 is 44.1 Å². The van der Waals surface area contributed by atoms with E-state index in [0.717, 1.165) is 16.7 Å². The average molecular weight is 702 g/mol. The van der Waals surface area contributed by atoms with Crippen LogP contribution in [0.5, 0.6) is 11.5 Å². The molecule has 1 aromatic heterocycles. The Morgan fingerprint density at radius 3 is 1.92 bits per heavy atom. The molecule has 2 N–H and O–H groups in total. The number of nitrogens with one attached hydrogen (secondary N) is 1. The number of carbonyl (C=O) groups is 1. The average Bonchev–Trinajstić information content (AvgIpc) is 3.38. The molecule has 5 rings (SSSR count). The number of methoxy groups -OCH3 is 2. The van der Waals surface area contributed by atoms with Crippen molar-refractivity contribution in [3.63, 3.8) is 0 Å². The molecule has 12 heteroatoms. The van der Waals surface area contributed by atoms with E-state index in [9.17, 15) is 14.7 Å². The van der Waals surface area contributed by atoms with Gasteiger partial charge in [0.05, 0.1) is 20.8 Å². The Morgan fingerprint density at radius 1 is 0.900 bits per heavy atom. The largest absolute Gasteiger partial charge is 0.497 e. The van der Waals surface area contributed by atoms with Crippen LogP contribution in [0, 0.1) is 0 Å². The van der Waals surface area contributed by atoms with Crippen molar-refractivity contribution >= 4 is 20.0 Å². The van der Waals surface area contributed by atoms with Crippen molar-refractivity contribution in [2.75, 3.05) is 26.1 Å². The zero-order valence-corrected chi connectivity index (χ0v) is 30.9. The van der Waals surface area contributed by atoms with E-state index in [1.807, 2.05) is 78.9 Å². The summed E-state index contributed by atoms with van der Waals surface area (Å²) in [6.07, 6.45) is -2.52. The molecular formula is C38H47N3O8Si. The molecule has 11 nitrogen and oxygen atoms in total. The Labute approximate surface area is 294 Å². The van der Waals surface area contributed by atoms with Gasteiger partial charge in [-0.05, 0) is 65.2 Å². The summed E-state index contributed by atoms with van der Waals surface area (Å²) in [5, 5.41) is 14.3. The summed E-state index contributed by atoms with van der Waals surface area (Å²) in [6, 6.07) is 26.7. The monoisotopic (exact) mass is 701 g/mol. The molecule has 2 heterocycles. The molecule has 1 aliphatic rings. The Hall–Kier alpha value is -4.33. The Morgan fingerprint density at radius 2 is 1.44 bits per heavy atom. The number of aliphatic hydroxyl groups excluding tert-OH is 1. The number of amides is 1. The Kier molecular flexibility index (Phi) is 11.0. The van der Waals surface area contributed by atoms with Gasteiger partial charge in [0.2, 0.25) is 5.91 Å². The first-order valence-corrected chi connectivity index (χ1v) is 19.5. The number of hydrogen-bond acceptors (Lipinski definition) is 9. The molecule has 4 aromatic rings. The summed E-state index contributed by atoms with van der Waals surface area (Å²) in [6.45, 7) is 11.7. The van der Waals surface area contributed by atoms with Crippen LogP contribution in [0.4, 0.5) is 5.82 Å². The third kappa shape index (κ3) is 7.54. The van der Waals surface area contributed by atoms with Crippen molar-refractivity contribution < 1.29 is 33.3 Å². The van der Waals surface area contributed by atoms with Crippen molar-refractivity contribution in [3.05, 3.63) is 118 Å². The van der Waals surface area contributed by atoms with Crippen LogP contribution in [-0.4, -0.2) is 68.0 Å². The summed E-state index contributed by atoms with van der Waals surface area (Å²) in [4.78, 5) is 29.0. The molecule has 0 spiro atoms. The molecule has 0 saturated carbocycles. The van der Waals surface area contributed by atoms with Gasteiger partial charge in [0.1, 0.15) is 41.2 Å². The molecule has 1 saturated heterocycles. The summed E-state index contributed by atoms with van der Waals surface area (Å²) >= 11 is 0. The van der Waals surface area contributed by atoms with Gasteiger partial charge in [0, 0.05) is 13.1 Å². The van der Waals surface area contributed by atoms with E-state index in [1.54, 1.807) is 14.2 Å². The number of nitrogens with zero attached hydrogens (tertiary/aromatic N) is 2. The van der Waals surface area contributed by atoms with Crippen molar-refractivity contribution in [1.82, 2.24) is 9.55 Å². The van der Waals surface area contributed by atoms with Crippen LogP contribution < -0.4 is 20.5 Å². The van der Waals surface area contributed by atoms with E-state index >= 15 is 0 Å². The molecule has 1 unspecified atom stereocenters. The highest BCUT2D eigenvalue weighted by Crippen LogP contribution is 2.45. The molecule has 1 aliphatic heterocycles. The smallest absolute Gasteiger partial charge is 0.351 e. The zero-order valence-electron chi connectivity index (χ0n) is 29.9. The van der Waals surface area contributed by atoms with E-state index in [2.05, 4.69) is 44.2 Å². The Balaban J connectivity index is 1.58. The van der Waals surface area contributed by atoms with Crippen LogP contribution in [0.25, 0.3) is 0 Å². The number of benzene rings is 3. The third-order valence-electron chi connectivity index (χ3n) is 9.60. The SMILES string of the molecule is COc1ccc(C(OC[C@H]2O[C@@H](n3ccc(NC(C)=O)nc3=O)C(O[Si](C)(C)C(C)(C)C)[C@H]2O)(c2ccccc2)c2ccc(OC)cc2)cc1. The van der Waals surface area contributed by atoms with Crippen molar-refractivity contribution in [2.24, 2.45) is 0 Å². The van der Waals surface area contributed by atoms with E-state index in [0.29, 0.717) is 11.5 Å².